The molecular weight excluding hydrogens is 192 g/mol. The SMILES string of the molecule is CCCC(O)CNc1cc(C)nc(N)n1. The number of nitrogens with one attached hydrogen (secondary N) is 1. The van der Waals surface area contributed by atoms with Gasteiger partial charge in [-0.3, -0.25) is 0 Å². The number of nitrogens with two attached hydrogens (primary N) is 1. The third-order valence-electron chi connectivity index (χ3n) is 2.01. The molecule has 1 unspecified atom stereocenters. The molecular formula is C10H18N4O. The van der Waals surface area contributed by atoms with Crippen LogP contribution >= 0.6 is 0 Å². The summed E-state index contributed by atoms with van der Waals surface area (Å²) in [6.07, 6.45) is 1.41. The van der Waals surface area contributed by atoms with E-state index in [0.29, 0.717) is 12.4 Å². The maximum atomic E-state index is 9.51. The Labute approximate surface area is 89.7 Å². The maximum absolute atomic E-state index is 9.51. The van der Waals surface area contributed by atoms with Crippen molar-refractivity contribution in [2.75, 3.05) is 17.6 Å². The molecule has 1 aromatic rings. The summed E-state index contributed by atoms with van der Waals surface area (Å²) in [6.45, 7) is 4.38. The van der Waals surface area contributed by atoms with Gasteiger partial charge in [-0.05, 0) is 13.3 Å². The molecule has 0 spiro atoms. The van der Waals surface area contributed by atoms with Gasteiger partial charge in [-0.2, -0.15) is 4.98 Å². The lowest BCUT2D eigenvalue weighted by molar-refractivity contribution is 0.176. The molecule has 0 bridgehead atoms. The third kappa shape index (κ3) is 4.12. The molecule has 1 heterocycles. The van der Waals surface area contributed by atoms with Crippen molar-refractivity contribution < 1.29 is 5.11 Å². The van der Waals surface area contributed by atoms with Gasteiger partial charge in [0.05, 0.1) is 6.10 Å². The van der Waals surface area contributed by atoms with E-state index in [1.54, 1.807) is 6.07 Å². The fourth-order valence-corrected chi connectivity index (χ4v) is 1.34. The summed E-state index contributed by atoms with van der Waals surface area (Å²) in [4.78, 5) is 7.97. The van der Waals surface area contributed by atoms with Gasteiger partial charge in [0.1, 0.15) is 5.82 Å². The Morgan fingerprint density at radius 1 is 1.53 bits per heavy atom. The Kier molecular flexibility index (Phi) is 4.30. The van der Waals surface area contributed by atoms with Crippen LogP contribution in [-0.4, -0.2) is 27.7 Å². The fourth-order valence-electron chi connectivity index (χ4n) is 1.34. The number of anilines is 2. The summed E-state index contributed by atoms with van der Waals surface area (Å²) in [7, 11) is 0. The molecule has 0 aliphatic rings. The standard InChI is InChI=1S/C10H18N4O/c1-3-4-8(15)6-12-9-5-7(2)13-10(11)14-9/h5,8,15H,3-4,6H2,1-2H3,(H3,11,12,13,14). The molecule has 1 atom stereocenters. The number of hydrogen-bond acceptors (Lipinski definition) is 5. The highest BCUT2D eigenvalue weighted by Crippen LogP contribution is 2.07. The van der Waals surface area contributed by atoms with Crippen LogP contribution in [0.15, 0.2) is 6.07 Å². The van der Waals surface area contributed by atoms with Gasteiger partial charge in [0, 0.05) is 18.3 Å². The monoisotopic (exact) mass is 210 g/mol. The number of rotatable bonds is 5. The van der Waals surface area contributed by atoms with Crippen molar-refractivity contribution in [2.24, 2.45) is 0 Å². The van der Waals surface area contributed by atoms with Crippen LogP contribution in [0.3, 0.4) is 0 Å². The van der Waals surface area contributed by atoms with Crippen molar-refractivity contribution in [1.29, 1.82) is 0 Å². The van der Waals surface area contributed by atoms with Crippen LogP contribution in [0.2, 0.25) is 0 Å². The summed E-state index contributed by atoms with van der Waals surface area (Å²) in [5.41, 5.74) is 6.31. The van der Waals surface area contributed by atoms with Gasteiger partial charge < -0.3 is 16.2 Å². The zero-order valence-electron chi connectivity index (χ0n) is 9.20. The summed E-state index contributed by atoms with van der Waals surface area (Å²) in [5, 5.41) is 12.5. The van der Waals surface area contributed by atoms with Gasteiger partial charge in [0.2, 0.25) is 5.95 Å². The fraction of sp³-hybridized carbons (Fsp3) is 0.600. The first-order chi connectivity index (χ1) is 7.11. The van der Waals surface area contributed by atoms with Crippen LogP contribution in [0.5, 0.6) is 0 Å². The van der Waals surface area contributed by atoms with Gasteiger partial charge in [0.15, 0.2) is 0 Å². The van der Waals surface area contributed by atoms with Gasteiger partial charge in [0.25, 0.3) is 0 Å². The van der Waals surface area contributed by atoms with Gasteiger partial charge >= 0.3 is 0 Å². The molecule has 0 aliphatic heterocycles. The molecule has 1 rings (SSSR count). The van der Waals surface area contributed by atoms with Crippen LogP contribution in [0.1, 0.15) is 25.5 Å². The molecule has 0 aliphatic carbocycles. The van der Waals surface area contributed by atoms with E-state index in [4.69, 9.17) is 5.73 Å². The van der Waals surface area contributed by atoms with Crippen molar-refractivity contribution in [3.8, 4) is 0 Å². The number of aliphatic hydroxyl groups excluding tert-OH is 1. The molecule has 0 saturated carbocycles. The van der Waals surface area contributed by atoms with Crippen LogP contribution in [0.25, 0.3) is 0 Å². The van der Waals surface area contributed by atoms with E-state index in [0.717, 1.165) is 18.5 Å². The highest BCUT2D eigenvalue weighted by atomic mass is 16.3. The minimum atomic E-state index is -0.341. The maximum Gasteiger partial charge on any atom is 0.222 e. The molecule has 84 valence electrons. The van der Waals surface area contributed by atoms with Crippen LogP contribution in [0, 0.1) is 6.92 Å². The Morgan fingerprint density at radius 3 is 2.87 bits per heavy atom. The Bertz CT molecular complexity index is 296. The Hall–Kier alpha value is -1.36. The van der Waals surface area contributed by atoms with Crippen LogP contribution in [-0.2, 0) is 0 Å². The smallest absolute Gasteiger partial charge is 0.222 e. The number of aliphatic hydroxyl groups is 1. The van der Waals surface area contributed by atoms with Gasteiger partial charge in [-0.1, -0.05) is 13.3 Å². The van der Waals surface area contributed by atoms with E-state index < -0.39 is 0 Å². The van der Waals surface area contributed by atoms with E-state index in [1.807, 2.05) is 13.8 Å². The van der Waals surface area contributed by atoms with Crippen molar-refractivity contribution in [1.82, 2.24) is 9.97 Å². The second-order valence-electron chi connectivity index (χ2n) is 3.58. The number of aromatic nitrogens is 2. The lowest BCUT2D eigenvalue weighted by Crippen LogP contribution is -2.19. The lowest BCUT2D eigenvalue weighted by Gasteiger charge is -2.11. The minimum absolute atomic E-state index is 0.252. The molecule has 0 aromatic carbocycles. The van der Waals surface area contributed by atoms with E-state index in [9.17, 15) is 5.11 Å². The van der Waals surface area contributed by atoms with E-state index in [1.165, 1.54) is 0 Å². The Balaban J connectivity index is 2.50. The topological polar surface area (TPSA) is 84.1 Å². The Morgan fingerprint density at radius 2 is 2.27 bits per heavy atom. The predicted molar refractivity (Wildman–Crippen MR) is 60.6 cm³/mol. The van der Waals surface area contributed by atoms with E-state index in [-0.39, 0.29) is 12.1 Å². The number of nitrogen functional groups attached to an aromatic ring is 1. The second kappa shape index (κ2) is 5.50. The molecule has 0 amide bonds. The summed E-state index contributed by atoms with van der Waals surface area (Å²) < 4.78 is 0. The molecule has 0 fully saturated rings. The summed E-state index contributed by atoms with van der Waals surface area (Å²) >= 11 is 0. The molecule has 0 saturated heterocycles. The second-order valence-corrected chi connectivity index (χ2v) is 3.58. The largest absolute Gasteiger partial charge is 0.391 e. The average molecular weight is 210 g/mol. The van der Waals surface area contributed by atoms with E-state index >= 15 is 0 Å². The molecule has 4 N–H and O–H groups in total. The molecule has 1 aromatic heterocycles. The number of aryl methyl sites for hydroxylation is 1. The van der Waals surface area contributed by atoms with Crippen LogP contribution in [0.4, 0.5) is 11.8 Å². The number of nitrogens with zero attached hydrogens (tertiary/aromatic N) is 2. The first-order valence-corrected chi connectivity index (χ1v) is 5.15. The first-order valence-electron chi connectivity index (χ1n) is 5.15. The van der Waals surface area contributed by atoms with Gasteiger partial charge in [-0.15, -0.1) is 0 Å². The molecule has 15 heavy (non-hydrogen) atoms. The molecule has 5 nitrogen and oxygen atoms in total. The van der Waals surface area contributed by atoms with Crippen molar-refractivity contribution >= 4 is 11.8 Å². The zero-order valence-corrected chi connectivity index (χ0v) is 9.20. The average Bonchev–Trinajstić information content (AvgIpc) is 2.14. The number of hydrogen-bond donors (Lipinski definition) is 3. The highest BCUT2D eigenvalue weighted by molar-refractivity contribution is 5.40. The van der Waals surface area contributed by atoms with Crippen molar-refractivity contribution in [2.45, 2.75) is 32.8 Å². The quantitative estimate of drug-likeness (QED) is 0.673. The predicted octanol–water partition coefficient (Wildman–Crippen LogP) is 0.940. The lowest BCUT2D eigenvalue weighted by atomic mass is 10.2. The minimum Gasteiger partial charge on any atom is -0.391 e. The molecule has 0 radical (unpaired) electrons. The van der Waals surface area contributed by atoms with E-state index in [2.05, 4.69) is 15.3 Å². The third-order valence-corrected chi connectivity index (χ3v) is 2.01. The summed E-state index contributed by atoms with van der Waals surface area (Å²) in [5.74, 6) is 0.914. The van der Waals surface area contributed by atoms with Crippen LogP contribution < -0.4 is 11.1 Å². The highest BCUT2D eigenvalue weighted by Gasteiger charge is 2.03. The summed E-state index contributed by atoms with van der Waals surface area (Å²) in [6, 6.07) is 1.80. The normalized spacial score (nSPS) is 12.5. The molecule has 5 heteroatoms. The first kappa shape index (κ1) is 11.7. The van der Waals surface area contributed by atoms with Crippen molar-refractivity contribution in [3.63, 3.8) is 0 Å². The van der Waals surface area contributed by atoms with Crippen molar-refractivity contribution in [3.05, 3.63) is 11.8 Å². The zero-order chi connectivity index (χ0) is 11.3. The van der Waals surface area contributed by atoms with Gasteiger partial charge in [-0.25, -0.2) is 4.98 Å².